The van der Waals surface area contributed by atoms with Crippen LogP contribution < -0.4 is 5.73 Å². The average molecular weight is 285 g/mol. The smallest absolute Gasteiger partial charge is 0.200 e. The van der Waals surface area contributed by atoms with Crippen molar-refractivity contribution in [1.29, 1.82) is 0 Å². The predicted octanol–water partition coefficient (Wildman–Crippen LogP) is 2.69. The molecule has 0 spiro atoms. The number of hydrogen-bond donors (Lipinski definition) is 1. The molecule has 0 aliphatic rings. The van der Waals surface area contributed by atoms with E-state index < -0.39 is 0 Å². The fourth-order valence-electron chi connectivity index (χ4n) is 1.88. The molecule has 0 aromatic carbocycles. The van der Waals surface area contributed by atoms with Gasteiger partial charge >= 0.3 is 0 Å². The zero-order chi connectivity index (χ0) is 13.9. The standard InChI is InChI=1S/C14H15N5S/c1-2-11(15)12-7-6-10(9-16-12)20-14-18-17-13-5-3-4-8-19(13)14/h3-9,11H,2,15H2,1H3. The molecule has 2 N–H and O–H groups in total. The summed E-state index contributed by atoms with van der Waals surface area (Å²) in [5, 5.41) is 9.14. The van der Waals surface area contributed by atoms with Gasteiger partial charge in [0.2, 0.25) is 0 Å². The molecule has 1 atom stereocenters. The van der Waals surface area contributed by atoms with E-state index in [1.54, 1.807) is 0 Å². The van der Waals surface area contributed by atoms with Crippen LogP contribution in [0.1, 0.15) is 25.1 Å². The van der Waals surface area contributed by atoms with Crippen LogP contribution in [0.25, 0.3) is 5.65 Å². The van der Waals surface area contributed by atoms with Gasteiger partial charge in [-0.1, -0.05) is 13.0 Å². The van der Waals surface area contributed by atoms with Gasteiger partial charge in [0.1, 0.15) is 0 Å². The number of hydrogen-bond acceptors (Lipinski definition) is 5. The van der Waals surface area contributed by atoms with Gasteiger partial charge in [-0.25, -0.2) is 0 Å². The fraction of sp³-hybridized carbons (Fsp3) is 0.214. The fourth-order valence-corrected chi connectivity index (χ4v) is 2.66. The largest absolute Gasteiger partial charge is 0.323 e. The summed E-state index contributed by atoms with van der Waals surface area (Å²) in [5.41, 5.74) is 7.72. The van der Waals surface area contributed by atoms with Gasteiger partial charge in [-0.3, -0.25) is 9.38 Å². The summed E-state index contributed by atoms with van der Waals surface area (Å²) < 4.78 is 1.95. The van der Waals surface area contributed by atoms with Crippen molar-refractivity contribution < 1.29 is 0 Å². The highest BCUT2D eigenvalue weighted by atomic mass is 32.2. The molecule has 102 valence electrons. The zero-order valence-electron chi connectivity index (χ0n) is 11.1. The minimum Gasteiger partial charge on any atom is -0.323 e. The zero-order valence-corrected chi connectivity index (χ0v) is 11.9. The van der Waals surface area contributed by atoms with Crippen LogP contribution in [-0.4, -0.2) is 19.6 Å². The molecule has 3 heterocycles. The first kappa shape index (κ1) is 13.1. The van der Waals surface area contributed by atoms with Crippen molar-refractivity contribution in [3.63, 3.8) is 0 Å². The SMILES string of the molecule is CCC(N)c1ccc(Sc2nnc3ccccn23)cn1. The number of fused-ring (bicyclic) bond motifs is 1. The molecule has 1 unspecified atom stereocenters. The van der Waals surface area contributed by atoms with Crippen LogP contribution in [-0.2, 0) is 0 Å². The summed E-state index contributed by atoms with van der Waals surface area (Å²) in [7, 11) is 0. The van der Waals surface area contributed by atoms with E-state index >= 15 is 0 Å². The van der Waals surface area contributed by atoms with E-state index in [2.05, 4.69) is 22.1 Å². The third kappa shape index (κ3) is 2.52. The van der Waals surface area contributed by atoms with Gasteiger partial charge in [-0.05, 0) is 42.4 Å². The van der Waals surface area contributed by atoms with Gasteiger partial charge in [0.25, 0.3) is 0 Å². The van der Waals surface area contributed by atoms with E-state index in [-0.39, 0.29) is 6.04 Å². The Morgan fingerprint density at radius 2 is 2.15 bits per heavy atom. The van der Waals surface area contributed by atoms with Crippen molar-refractivity contribution >= 4 is 17.4 Å². The van der Waals surface area contributed by atoms with E-state index in [1.165, 1.54) is 11.8 Å². The highest BCUT2D eigenvalue weighted by Gasteiger charge is 2.08. The van der Waals surface area contributed by atoms with E-state index in [0.717, 1.165) is 27.8 Å². The van der Waals surface area contributed by atoms with Crippen LogP contribution in [0.4, 0.5) is 0 Å². The second-order valence-corrected chi connectivity index (χ2v) is 5.49. The second-order valence-electron chi connectivity index (χ2n) is 4.45. The van der Waals surface area contributed by atoms with Crippen LogP contribution in [0.3, 0.4) is 0 Å². The monoisotopic (exact) mass is 285 g/mol. The lowest BCUT2D eigenvalue weighted by Crippen LogP contribution is -2.10. The molecule has 0 saturated carbocycles. The van der Waals surface area contributed by atoms with Gasteiger partial charge in [0, 0.05) is 23.3 Å². The van der Waals surface area contributed by atoms with Crippen molar-refractivity contribution in [2.24, 2.45) is 5.73 Å². The molecule has 3 rings (SSSR count). The topological polar surface area (TPSA) is 69.1 Å². The molecular weight excluding hydrogens is 270 g/mol. The molecule has 6 heteroatoms. The average Bonchev–Trinajstić information content (AvgIpc) is 2.91. The van der Waals surface area contributed by atoms with Crippen molar-refractivity contribution in [2.45, 2.75) is 29.4 Å². The first-order chi connectivity index (χ1) is 9.78. The maximum atomic E-state index is 5.96. The van der Waals surface area contributed by atoms with Gasteiger partial charge < -0.3 is 5.73 Å². The van der Waals surface area contributed by atoms with Crippen molar-refractivity contribution in [3.8, 4) is 0 Å². The lowest BCUT2D eigenvalue weighted by molar-refractivity contribution is 0.674. The van der Waals surface area contributed by atoms with Gasteiger partial charge in [-0.2, -0.15) is 0 Å². The van der Waals surface area contributed by atoms with Crippen LogP contribution >= 0.6 is 11.8 Å². The third-order valence-corrected chi connectivity index (χ3v) is 4.01. The van der Waals surface area contributed by atoms with Gasteiger partial charge in [-0.15, -0.1) is 10.2 Å². The predicted molar refractivity (Wildman–Crippen MR) is 78.6 cm³/mol. The van der Waals surface area contributed by atoms with Crippen molar-refractivity contribution in [2.75, 3.05) is 0 Å². The molecule has 0 aliphatic carbocycles. The second kappa shape index (κ2) is 5.60. The summed E-state index contributed by atoms with van der Waals surface area (Å²) in [6, 6.07) is 9.83. The molecule has 0 radical (unpaired) electrons. The third-order valence-electron chi connectivity index (χ3n) is 3.07. The van der Waals surface area contributed by atoms with Crippen LogP contribution in [0.2, 0.25) is 0 Å². The highest BCUT2D eigenvalue weighted by molar-refractivity contribution is 7.99. The number of rotatable bonds is 4. The lowest BCUT2D eigenvalue weighted by Gasteiger charge is -2.08. The van der Waals surface area contributed by atoms with Crippen LogP contribution in [0, 0.1) is 0 Å². The molecule has 3 aromatic rings. The summed E-state index contributed by atoms with van der Waals surface area (Å²) in [6.07, 6.45) is 4.67. The Morgan fingerprint density at radius 3 is 2.90 bits per heavy atom. The number of aromatic nitrogens is 4. The molecule has 5 nitrogen and oxygen atoms in total. The summed E-state index contributed by atoms with van der Waals surface area (Å²) in [6.45, 7) is 2.05. The van der Waals surface area contributed by atoms with E-state index in [9.17, 15) is 0 Å². The summed E-state index contributed by atoms with van der Waals surface area (Å²) in [4.78, 5) is 5.43. The molecule has 0 saturated heterocycles. The molecule has 0 aliphatic heterocycles. The molecule has 0 bridgehead atoms. The highest BCUT2D eigenvalue weighted by Crippen LogP contribution is 2.26. The normalized spacial score (nSPS) is 12.7. The minimum atomic E-state index is 0.00275. The Hall–Kier alpha value is -1.92. The van der Waals surface area contributed by atoms with E-state index in [1.807, 2.05) is 47.1 Å². The first-order valence-electron chi connectivity index (χ1n) is 6.47. The number of nitrogens with zero attached hydrogens (tertiary/aromatic N) is 4. The quantitative estimate of drug-likeness (QED) is 0.798. The Balaban J connectivity index is 1.84. The van der Waals surface area contributed by atoms with Crippen molar-refractivity contribution in [1.82, 2.24) is 19.6 Å². The Bertz CT molecular complexity index is 707. The molecule has 0 fully saturated rings. The van der Waals surface area contributed by atoms with Gasteiger partial charge in [0.05, 0.1) is 5.69 Å². The maximum absolute atomic E-state index is 5.96. The van der Waals surface area contributed by atoms with E-state index in [4.69, 9.17) is 5.73 Å². The lowest BCUT2D eigenvalue weighted by atomic mass is 10.1. The van der Waals surface area contributed by atoms with Crippen LogP contribution in [0.15, 0.2) is 52.8 Å². The summed E-state index contributed by atoms with van der Waals surface area (Å²) >= 11 is 1.54. The van der Waals surface area contributed by atoms with E-state index in [0.29, 0.717) is 0 Å². The molecule has 0 amide bonds. The molecular formula is C14H15N5S. The first-order valence-corrected chi connectivity index (χ1v) is 7.28. The maximum Gasteiger partial charge on any atom is 0.200 e. The number of nitrogens with two attached hydrogens (primary N) is 1. The van der Waals surface area contributed by atoms with Crippen molar-refractivity contribution in [3.05, 3.63) is 48.4 Å². The minimum absolute atomic E-state index is 0.00275. The molecule has 20 heavy (non-hydrogen) atoms. The Labute approximate surface area is 121 Å². The van der Waals surface area contributed by atoms with Gasteiger partial charge in [0.15, 0.2) is 10.8 Å². The van der Waals surface area contributed by atoms with Crippen LogP contribution in [0.5, 0.6) is 0 Å². The molecule has 3 aromatic heterocycles. The Kier molecular flexibility index (Phi) is 3.66. The summed E-state index contributed by atoms with van der Waals surface area (Å²) in [5.74, 6) is 0. The Morgan fingerprint density at radius 1 is 1.25 bits per heavy atom. The number of pyridine rings is 2.